The van der Waals surface area contributed by atoms with Crippen molar-refractivity contribution in [3.05, 3.63) is 0 Å². The molecule has 0 aromatic rings. The molecule has 0 aliphatic heterocycles. The number of aliphatic hydroxyl groups is 1. The summed E-state index contributed by atoms with van der Waals surface area (Å²) in [6.45, 7) is 9.02. The first-order valence-electron chi connectivity index (χ1n) is 5.78. The summed E-state index contributed by atoms with van der Waals surface area (Å²) in [7, 11) is 0. The first kappa shape index (κ1) is 15.0. The van der Waals surface area contributed by atoms with Gasteiger partial charge in [-0.3, -0.25) is 4.99 Å². The van der Waals surface area contributed by atoms with Gasteiger partial charge in [-0.2, -0.15) is 11.8 Å². The zero-order valence-corrected chi connectivity index (χ0v) is 11.3. The second kappa shape index (κ2) is 9.22. The smallest absolute Gasteiger partial charge is 0.0521 e. The van der Waals surface area contributed by atoms with Crippen LogP contribution in [0.4, 0.5) is 0 Å². The van der Waals surface area contributed by atoms with Crippen LogP contribution in [-0.4, -0.2) is 35.0 Å². The minimum Gasteiger partial charge on any atom is -0.396 e. The molecule has 0 amide bonds. The average molecular weight is 231 g/mol. The number of thioether (sulfide) groups is 1. The third-order valence-electron chi connectivity index (χ3n) is 2.06. The van der Waals surface area contributed by atoms with E-state index in [0.717, 1.165) is 24.3 Å². The highest BCUT2D eigenvalue weighted by molar-refractivity contribution is 7.99. The van der Waals surface area contributed by atoms with E-state index in [9.17, 15) is 0 Å². The first-order chi connectivity index (χ1) is 7.06. The van der Waals surface area contributed by atoms with E-state index in [1.165, 1.54) is 5.71 Å². The van der Waals surface area contributed by atoms with Crippen LogP contribution in [0.5, 0.6) is 0 Å². The maximum Gasteiger partial charge on any atom is 0.0521 e. The van der Waals surface area contributed by atoms with E-state index in [1.54, 1.807) is 11.8 Å². The van der Waals surface area contributed by atoms with Crippen molar-refractivity contribution in [3.63, 3.8) is 0 Å². The van der Waals surface area contributed by atoms with Crippen LogP contribution in [-0.2, 0) is 0 Å². The normalized spacial score (nSPS) is 14.7. The molecule has 1 unspecified atom stereocenters. The molecule has 0 aromatic heterocycles. The number of aliphatic imine (C=N–C) groups is 1. The summed E-state index contributed by atoms with van der Waals surface area (Å²) in [5, 5.41) is 8.63. The van der Waals surface area contributed by atoms with Crippen molar-refractivity contribution in [3.8, 4) is 0 Å². The van der Waals surface area contributed by atoms with Gasteiger partial charge in [0, 0.05) is 17.5 Å². The molecule has 1 N–H and O–H groups in total. The lowest BCUT2D eigenvalue weighted by atomic mass is 10.1. The average Bonchev–Trinajstić information content (AvgIpc) is 2.10. The Kier molecular flexibility index (Phi) is 9.21. The van der Waals surface area contributed by atoms with Crippen LogP contribution in [0.1, 0.15) is 40.5 Å². The molecule has 0 spiro atoms. The van der Waals surface area contributed by atoms with Crippen LogP contribution in [0.25, 0.3) is 0 Å². The molecule has 0 aromatic carbocycles. The van der Waals surface area contributed by atoms with Gasteiger partial charge in [-0.15, -0.1) is 0 Å². The monoisotopic (exact) mass is 231 g/mol. The predicted molar refractivity (Wildman–Crippen MR) is 71.1 cm³/mol. The van der Waals surface area contributed by atoms with E-state index in [4.69, 9.17) is 5.11 Å². The lowest BCUT2D eigenvalue weighted by Crippen LogP contribution is -2.06. The number of rotatable bonds is 8. The fourth-order valence-electron chi connectivity index (χ4n) is 1.50. The summed E-state index contributed by atoms with van der Waals surface area (Å²) in [4.78, 5) is 4.66. The largest absolute Gasteiger partial charge is 0.396 e. The SMILES string of the molecule is CC(CC(C)C)=NC(C)CCSCCO. The standard InChI is InChI=1S/C12H25NOS/c1-10(2)9-12(4)13-11(3)5-7-15-8-6-14/h10-11,14H,5-9H2,1-4H3. The highest BCUT2D eigenvalue weighted by Gasteiger charge is 2.02. The van der Waals surface area contributed by atoms with Gasteiger partial charge in [0.2, 0.25) is 0 Å². The fraction of sp³-hybridized carbons (Fsp3) is 0.917. The van der Waals surface area contributed by atoms with E-state index in [-0.39, 0.29) is 6.61 Å². The van der Waals surface area contributed by atoms with Gasteiger partial charge in [-0.25, -0.2) is 0 Å². The molecular formula is C12H25NOS. The second-order valence-electron chi connectivity index (χ2n) is 4.44. The van der Waals surface area contributed by atoms with Crippen LogP contribution in [0.2, 0.25) is 0 Å². The van der Waals surface area contributed by atoms with Crippen molar-refractivity contribution in [2.24, 2.45) is 10.9 Å². The second-order valence-corrected chi connectivity index (χ2v) is 5.66. The van der Waals surface area contributed by atoms with Crippen LogP contribution in [0.3, 0.4) is 0 Å². The molecule has 0 saturated carbocycles. The van der Waals surface area contributed by atoms with Gasteiger partial charge >= 0.3 is 0 Å². The maximum absolute atomic E-state index is 8.63. The molecule has 0 bridgehead atoms. The van der Waals surface area contributed by atoms with Gasteiger partial charge in [-0.05, 0) is 38.4 Å². The number of nitrogens with zero attached hydrogens (tertiary/aromatic N) is 1. The topological polar surface area (TPSA) is 32.6 Å². The summed E-state index contributed by atoms with van der Waals surface area (Å²) in [5.74, 6) is 2.64. The number of hydrogen-bond acceptors (Lipinski definition) is 3. The summed E-state index contributed by atoms with van der Waals surface area (Å²) >= 11 is 1.80. The van der Waals surface area contributed by atoms with E-state index < -0.39 is 0 Å². The van der Waals surface area contributed by atoms with Crippen molar-refractivity contribution >= 4 is 17.5 Å². The highest BCUT2D eigenvalue weighted by Crippen LogP contribution is 2.08. The molecule has 0 saturated heterocycles. The number of aliphatic hydroxyl groups excluding tert-OH is 1. The van der Waals surface area contributed by atoms with Gasteiger partial charge in [0.05, 0.1) is 6.61 Å². The summed E-state index contributed by atoms with van der Waals surface area (Å²) in [5.41, 5.74) is 1.27. The summed E-state index contributed by atoms with van der Waals surface area (Å²) < 4.78 is 0. The van der Waals surface area contributed by atoms with E-state index in [0.29, 0.717) is 12.0 Å². The minimum atomic E-state index is 0.286. The van der Waals surface area contributed by atoms with Gasteiger partial charge in [-0.1, -0.05) is 13.8 Å². The zero-order valence-electron chi connectivity index (χ0n) is 10.5. The van der Waals surface area contributed by atoms with Crippen LogP contribution >= 0.6 is 11.8 Å². The van der Waals surface area contributed by atoms with Crippen LogP contribution < -0.4 is 0 Å². The molecule has 0 fully saturated rings. The Labute approximate surface area is 98.6 Å². The van der Waals surface area contributed by atoms with E-state index in [2.05, 4.69) is 32.7 Å². The first-order valence-corrected chi connectivity index (χ1v) is 6.93. The molecule has 0 radical (unpaired) electrons. The number of hydrogen-bond donors (Lipinski definition) is 1. The van der Waals surface area contributed by atoms with Crippen molar-refractivity contribution in [1.29, 1.82) is 0 Å². The lowest BCUT2D eigenvalue weighted by molar-refractivity contribution is 0.322. The van der Waals surface area contributed by atoms with Crippen LogP contribution in [0, 0.1) is 5.92 Å². The maximum atomic E-state index is 8.63. The molecule has 15 heavy (non-hydrogen) atoms. The molecule has 0 aliphatic carbocycles. The predicted octanol–water partition coefficient (Wildman–Crippen LogP) is 3.00. The quantitative estimate of drug-likeness (QED) is 0.514. The Morgan fingerprint density at radius 3 is 2.47 bits per heavy atom. The van der Waals surface area contributed by atoms with E-state index in [1.807, 2.05) is 0 Å². The molecular weight excluding hydrogens is 206 g/mol. The van der Waals surface area contributed by atoms with Gasteiger partial charge in [0.25, 0.3) is 0 Å². The molecule has 90 valence electrons. The molecule has 2 nitrogen and oxygen atoms in total. The van der Waals surface area contributed by atoms with Gasteiger partial charge in [0.1, 0.15) is 0 Å². The molecule has 3 heteroatoms. The van der Waals surface area contributed by atoms with E-state index >= 15 is 0 Å². The third kappa shape index (κ3) is 10.3. The lowest BCUT2D eigenvalue weighted by Gasteiger charge is -2.09. The molecule has 0 rings (SSSR count). The Morgan fingerprint density at radius 1 is 1.27 bits per heavy atom. The summed E-state index contributed by atoms with van der Waals surface area (Å²) in [6, 6.07) is 0.426. The van der Waals surface area contributed by atoms with Crippen LogP contribution in [0.15, 0.2) is 4.99 Å². The Hall–Kier alpha value is -0.0200. The summed E-state index contributed by atoms with van der Waals surface area (Å²) in [6.07, 6.45) is 2.22. The third-order valence-corrected chi connectivity index (χ3v) is 3.06. The Morgan fingerprint density at radius 2 is 1.93 bits per heavy atom. The van der Waals surface area contributed by atoms with Gasteiger partial charge in [0.15, 0.2) is 0 Å². The zero-order chi connectivity index (χ0) is 11.7. The Bertz CT molecular complexity index is 180. The molecule has 0 heterocycles. The highest BCUT2D eigenvalue weighted by atomic mass is 32.2. The molecule has 0 aliphatic rings. The molecule has 1 atom stereocenters. The minimum absolute atomic E-state index is 0.286. The van der Waals surface area contributed by atoms with Crippen molar-refractivity contribution in [2.75, 3.05) is 18.1 Å². The fourth-order valence-corrected chi connectivity index (χ4v) is 2.35. The van der Waals surface area contributed by atoms with Crippen molar-refractivity contribution in [2.45, 2.75) is 46.6 Å². The van der Waals surface area contributed by atoms with Crippen molar-refractivity contribution in [1.82, 2.24) is 0 Å². The Balaban J connectivity index is 3.65. The van der Waals surface area contributed by atoms with Crippen molar-refractivity contribution < 1.29 is 5.11 Å². The van der Waals surface area contributed by atoms with Gasteiger partial charge < -0.3 is 5.11 Å².